The van der Waals surface area contributed by atoms with Crippen LogP contribution in [-0.2, 0) is 14.3 Å². The molecule has 0 aliphatic carbocycles. The van der Waals surface area contributed by atoms with Gasteiger partial charge in [0.2, 0.25) is 0 Å². The molecule has 0 saturated carbocycles. The van der Waals surface area contributed by atoms with Crippen molar-refractivity contribution in [3.8, 4) is 0 Å². The van der Waals surface area contributed by atoms with Gasteiger partial charge in [-0.3, -0.25) is 9.59 Å². The highest BCUT2D eigenvalue weighted by molar-refractivity contribution is 5.84. The van der Waals surface area contributed by atoms with Gasteiger partial charge in [-0.15, -0.1) is 0 Å². The Labute approximate surface area is 116 Å². The summed E-state index contributed by atoms with van der Waals surface area (Å²) in [5.74, 6) is -1.66. The smallest absolute Gasteiger partial charge is 0.312 e. The minimum atomic E-state index is -0.897. The first-order valence-corrected chi connectivity index (χ1v) is 7.25. The molecule has 19 heavy (non-hydrogen) atoms. The van der Waals surface area contributed by atoms with Crippen LogP contribution in [0.5, 0.6) is 0 Å². The van der Waals surface area contributed by atoms with Crippen LogP contribution in [0.2, 0.25) is 0 Å². The summed E-state index contributed by atoms with van der Waals surface area (Å²) in [6, 6.07) is 0. The molecule has 0 heterocycles. The van der Waals surface area contributed by atoms with Crippen molar-refractivity contribution in [2.45, 2.75) is 60.3 Å². The fraction of sp³-hybridized carbons (Fsp3) is 0.867. The maximum atomic E-state index is 12.4. The van der Waals surface area contributed by atoms with E-state index in [1.54, 1.807) is 6.92 Å². The van der Waals surface area contributed by atoms with Crippen LogP contribution < -0.4 is 0 Å². The first-order chi connectivity index (χ1) is 8.85. The molecule has 0 spiro atoms. The number of ether oxygens (including phenoxy) is 1. The molecule has 0 radical (unpaired) electrons. The molecule has 2 unspecified atom stereocenters. The van der Waals surface area contributed by atoms with E-state index in [4.69, 9.17) is 4.74 Å². The van der Waals surface area contributed by atoms with Gasteiger partial charge in [0.1, 0.15) is 0 Å². The Bertz CT molecular complexity index is 299. The topological polar surface area (TPSA) is 63.6 Å². The minimum Gasteiger partial charge on any atom is -0.481 e. The fourth-order valence-electron chi connectivity index (χ4n) is 2.83. The average Bonchev–Trinajstić information content (AvgIpc) is 2.33. The summed E-state index contributed by atoms with van der Waals surface area (Å²) in [6.07, 6.45) is 2.31. The number of carboxylic acid groups (broad SMARTS) is 1. The molecule has 4 heteroatoms. The largest absolute Gasteiger partial charge is 0.481 e. The number of hydrogen-bond acceptors (Lipinski definition) is 3. The van der Waals surface area contributed by atoms with Gasteiger partial charge < -0.3 is 9.84 Å². The Morgan fingerprint density at radius 2 is 1.79 bits per heavy atom. The predicted molar refractivity (Wildman–Crippen MR) is 74.8 cm³/mol. The Hall–Kier alpha value is -1.06. The average molecular weight is 272 g/mol. The van der Waals surface area contributed by atoms with Crippen molar-refractivity contribution in [1.29, 1.82) is 0 Å². The van der Waals surface area contributed by atoms with E-state index in [9.17, 15) is 14.7 Å². The van der Waals surface area contributed by atoms with E-state index in [1.807, 2.05) is 27.7 Å². The van der Waals surface area contributed by atoms with Crippen LogP contribution in [0.4, 0.5) is 0 Å². The Morgan fingerprint density at radius 3 is 2.11 bits per heavy atom. The summed E-state index contributed by atoms with van der Waals surface area (Å²) in [5.41, 5.74) is -0.897. The minimum absolute atomic E-state index is 0.253. The zero-order valence-corrected chi connectivity index (χ0v) is 12.9. The highest BCUT2D eigenvalue weighted by Crippen LogP contribution is 2.42. The van der Waals surface area contributed by atoms with Crippen LogP contribution in [0.15, 0.2) is 0 Å². The normalized spacial score (nSPS) is 15.9. The standard InChI is InChI=1S/C15H28O4/c1-6-9-12(13(16)17)15(7-2,10-11(4)5)14(18)19-8-3/h11-12H,6-10H2,1-5H3,(H,16,17). The lowest BCUT2D eigenvalue weighted by Gasteiger charge is -2.37. The van der Waals surface area contributed by atoms with Crippen LogP contribution in [0.1, 0.15) is 60.3 Å². The van der Waals surface area contributed by atoms with E-state index in [-0.39, 0.29) is 18.5 Å². The van der Waals surface area contributed by atoms with E-state index in [0.29, 0.717) is 19.3 Å². The molecule has 0 rings (SSSR count). The summed E-state index contributed by atoms with van der Waals surface area (Å²) < 4.78 is 5.17. The third-order valence-electron chi connectivity index (χ3n) is 3.63. The number of hydrogen-bond donors (Lipinski definition) is 1. The van der Waals surface area contributed by atoms with Crippen molar-refractivity contribution in [1.82, 2.24) is 0 Å². The van der Waals surface area contributed by atoms with Crippen LogP contribution in [0.25, 0.3) is 0 Å². The van der Waals surface area contributed by atoms with Crippen molar-refractivity contribution in [2.75, 3.05) is 6.61 Å². The molecule has 4 nitrogen and oxygen atoms in total. The third kappa shape index (κ3) is 4.51. The first-order valence-electron chi connectivity index (χ1n) is 7.25. The Morgan fingerprint density at radius 1 is 1.21 bits per heavy atom. The molecule has 0 aliphatic heterocycles. The number of carbonyl (C=O) groups excluding carboxylic acids is 1. The lowest BCUT2D eigenvalue weighted by atomic mass is 9.67. The molecule has 0 bridgehead atoms. The van der Waals surface area contributed by atoms with Gasteiger partial charge in [0.15, 0.2) is 0 Å². The Balaban J connectivity index is 5.52. The zero-order chi connectivity index (χ0) is 15.1. The monoisotopic (exact) mass is 272 g/mol. The summed E-state index contributed by atoms with van der Waals surface area (Å²) in [4.78, 5) is 23.9. The van der Waals surface area contributed by atoms with Crippen LogP contribution >= 0.6 is 0 Å². The molecular weight excluding hydrogens is 244 g/mol. The van der Waals surface area contributed by atoms with Gasteiger partial charge in [-0.05, 0) is 32.1 Å². The maximum Gasteiger partial charge on any atom is 0.312 e. The molecule has 0 amide bonds. The van der Waals surface area contributed by atoms with E-state index < -0.39 is 17.3 Å². The first kappa shape index (κ1) is 17.9. The highest BCUT2D eigenvalue weighted by Gasteiger charge is 2.48. The second-order valence-corrected chi connectivity index (χ2v) is 5.51. The Kier molecular flexibility index (Phi) is 7.72. The van der Waals surface area contributed by atoms with Gasteiger partial charge in [-0.1, -0.05) is 34.1 Å². The molecule has 2 atom stereocenters. The lowest BCUT2D eigenvalue weighted by molar-refractivity contribution is -0.169. The molecule has 0 saturated heterocycles. The van der Waals surface area contributed by atoms with E-state index in [0.717, 1.165) is 6.42 Å². The number of carbonyl (C=O) groups is 2. The summed E-state index contributed by atoms with van der Waals surface area (Å²) in [7, 11) is 0. The fourth-order valence-corrected chi connectivity index (χ4v) is 2.83. The molecule has 0 aromatic heterocycles. The van der Waals surface area contributed by atoms with Crippen LogP contribution in [0.3, 0.4) is 0 Å². The van der Waals surface area contributed by atoms with Gasteiger partial charge in [-0.25, -0.2) is 0 Å². The van der Waals surface area contributed by atoms with Crippen molar-refractivity contribution < 1.29 is 19.4 Å². The van der Waals surface area contributed by atoms with Crippen molar-refractivity contribution >= 4 is 11.9 Å². The highest BCUT2D eigenvalue weighted by atomic mass is 16.5. The quantitative estimate of drug-likeness (QED) is 0.652. The predicted octanol–water partition coefficient (Wildman–Crippen LogP) is 3.49. The zero-order valence-electron chi connectivity index (χ0n) is 12.9. The molecule has 112 valence electrons. The maximum absolute atomic E-state index is 12.4. The molecular formula is C15H28O4. The summed E-state index contributed by atoms with van der Waals surface area (Å²) in [5, 5.41) is 9.49. The van der Waals surface area contributed by atoms with Gasteiger partial charge in [0.25, 0.3) is 0 Å². The second kappa shape index (κ2) is 8.18. The van der Waals surface area contributed by atoms with Crippen LogP contribution in [0, 0.1) is 17.3 Å². The summed E-state index contributed by atoms with van der Waals surface area (Å²) in [6.45, 7) is 9.88. The second-order valence-electron chi connectivity index (χ2n) is 5.51. The summed E-state index contributed by atoms with van der Waals surface area (Å²) >= 11 is 0. The lowest BCUT2D eigenvalue weighted by Crippen LogP contribution is -2.44. The van der Waals surface area contributed by atoms with E-state index >= 15 is 0 Å². The van der Waals surface area contributed by atoms with E-state index in [1.165, 1.54) is 0 Å². The molecule has 0 aromatic rings. The third-order valence-corrected chi connectivity index (χ3v) is 3.63. The van der Waals surface area contributed by atoms with Gasteiger partial charge >= 0.3 is 11.9 Å². The van der Waals surface area contributed by atoms with Crippen LogP contribution in [-0.4, -0.2) is 23.7 Å². The van der Waals surface area contributed by atoms with Crippen molar-refractivity contribution in [3.05, 3.63) is 0 Å². The number of rotatable bonds is 9. The van der Waals surface area contributed by atoms with Gasteiger partial charge in [0, 0.05) is 0 Å². The molecule has 0 aliphatic rings. The molecule has 1 N–H and O–H groups in total. The molecule has 0 aromatic carbocycles. The van der Waals surface area contributed by atoms with Crippen molar-refractivity contribution in [2.24, 2.45) is 17.3 Å². The number of aliphatic carboxylic acids is 1. The number of esters is 1. The molecule has 0 fully saturated rings. The SMILES string of the molecule is CCCC(C(=O)O)C(CC)(CC(C)C)C(=O)OCC. The van der Waals surface area contributed by atoms with Gasteiger partial charge in [0.05, 0.1) is 17.9 Å². The van der Waals surface area contributed by atoms with Crippen molar-refractivity contribution in [3.63, 3.8) is 0 Å². The van der Waals surface area contributed by atoms with Gasteiger partial charge in [-0.2, -0.15) is 0 Å². The number of carboxylic acids is 1. The van der Waals surface area contributed by atoms with E-state index in [2.05, 4.69) is 0 Å².